The van der Waals surface area contributed by atoms with Gasteiger partial charge in [-0.05, 0) is 39.8 Å². The van der Waals surface area contributed by atoms with Gasteiger partial charge in [-0.25, -0.2) is 14.4 Å². The second kappa shape index (κ2) is 10.5. The van der Waals surface area contributed by atoms with Crippen molar-refractivity contribution in [2.24, 2.45) is 0 Å². The molecule has 0 fully saturated rings. The van der Waals surface area contributed by atoms with Crippen molar-refractivity contribution >= 4 is 18.2 Å². The third-order valence-electron chi connectivity index (χ3n) is 3.62. The highest BCUT2D eigenvalue weighted by molar-refractivity contribution is 5.82. The molecule has 0 aromatic carbocycles. The summed E-state index contributed by atoms with van der Waals surface area (Å²) in [6.07, 6.45) is -0.182. The lowest BCUT2D eigenvalue weighted by Crippen LogP contribution is -2.51. The molecule has 1 heterocycles. The fourth-order valence-corrected chi connectivity index (χ4v) is 2.17. The van der Waals surface area contributed by atoms with Gasteiger partial charge in [0.1, 0.15) is 11.7 Å². The number of hydrogen-bond acceptors (Lipinski definition) is 7. The maximum absolute atomic E-state index is 12.3. The average molecular weight is 395 g/mol. The van der Waals surface area contributed by atoms with E-state index in [1.165, 1.54) is 18.9 Å². The van der Waals surface area contributed by atoms with E-state index in [0.717, 1.165) is 5.69 Å². The van der Waals surface area contributed by atoms with E-state index in [4.69, 9.17) is 9.47 Å². The summed E-state index contributed by atoms with van der Waals surface area (Å²) in [7, 11) is 2.76. The molecule has 0 aliphatic heterocycles. The molecule has 1 aromatic heterocycles. The molecule has 0 saturated heterocycles. The fraction of sp³-hybridized carbons (Fsp3) is 0.579. The lowest BCUT2D eigenvalue weighted by molar-refractivity contribution is -0.146. The number of pyridine rings is 1. The minimum atomic E-state index is -1.20. The van der Waals surface area contributed by atoms with Crippen molar-refractivity contribution in [2.75, 3.05) is 20.7 Å². The predicted molar refractivity (Wildman–Crippen MR) is 102 cm³/mol. The maximum atomic E-state index is 12.3. The van der Waals surface area contributed by atoms with Crippen molar-refractivity contribution in [1.29, 1.82) is 0 Å². The number of aromatic nitrogens is 1. The Morgan fingerprint density at radius 3 is 2.46 bits per heavy atom. The summed E-state index contributed by atoms with van der Waals surface area (Å²) < 4.78 is 15.1. The Morgan fingerprint density at radius 2 is 1.93 bits per heavy atom. The Labute approximate surface area is 165 Å². The summed E-state index contributed by atoms with van der Waals surface area (Å²) in [5.41, 5.74) is 0.102. The highest BCUT2D eigenvalue weighted by atomic mass is 16.6. The van der Waals surface area contributed by atoms with Crippen LogP contribution >= 0.6 is 0 Å². The van der Waals surface area contributed by atoms with Crippen LogP contribution in [0.2, 0.25) is 0 Å². The molecule has 0 aliphatic rings. The summed E-state index contributed by atoms with van der Waals surface area (Å²) >= 11 is 0. The Bertz CT molecular complexity index is 659. The minimum Gasteiger partial charge on any atom is -0.467 e. The minimum absolute atomic E-state index is 0.380. The van der Waals surface area contributed by atoms with E-state index in [-0.39, 0.29) is 0 Å². The van der Waals surface area contributed by atoms with Crippen molar-refractivity contribution in [3.05, 3.63) is 30.1 Å². The molecule has 1 N–H and O–H groups in total. The van der Waals surface area contributed by atoms with E-state index in [2.05, 4.69) is 15.0 Å². The summed E-state index contributed by atoms with van der Waals surface area (Å²) in [6, 6.07) is 4.34. The highest BCUT2D eigenvalue weighted by Crippen LogP contribution is 2.10. The van der Waals surface area contributed by atoms with E-state index in [1.54, 1.807) is 34.0 Å². The number of alkyl carbamates (subject to hydrolysis) is 1. The van der Waals surface area contributed by atoms with Gasteiger partial charge < -0.3 is 24.4 Å². The van der Waals surface area contributed by atoms with Crippen molar-refractivity contribution in [2.45, 2.75) is 51.9 Å². The van der Waals surface area contributed by atoms with Crippen LogP contribution in [-0.2, 0) is 25.4 Å². The SMILES string of the molecule is COC(=O)[C@@H](NC(=O)OC(C)(C)C)[C@@H](C)OC(=O)N(C)CCc1ccccn1. The molecule has 1 rings (SSSR count). The van der Waals surface area contributed by atoms with Gasteiger partial charge >= 0.3 is 18.2 Å². The Kier molecular flexibility index (Phi) is 8.69. The number of esters is 1. The van der Waals surface area contributed by atoms with Gasteiger partial charge in [-0.2, -0.15) is 0 Å². The second-order valence-corrected chi connectivity index (χ2v) is 7.23. The third kappa shape index (κ3) is 8.24. The van der Waals surface area contributed by atoms with Crippen molar-refractivity contribution in [1.82, 2.24) is 15.2 Å². The van der Waals surface area contributed by atoms with Gasteiger partial charge in [-0.3, -0.25) is 4.98 Å². The van der Waals surface area contributed by atoms with E-state index >= 15 is 0 Å². The topological polar surface area (TPSA) is 107 Å². The molecule has 2 amide bonds. The largest absolute Gasteiger partial charge is 0.467 e. The van der Waals surface area contributed by atoms with E-state index < -0.39 is 35.9 Å². The molecular formula is C19H29N3O6. The summed E-state index contributed by atoms with van der Waals surface area (Å²) in [6.45, 7) is 6.95. The number of carbonyl (C=O) groups excluding carboxylic acids is 3. The lowest BCUT2D eigenvalue weighted by Gasteiger charge is -2.27. The van der Waals surface area contributed by atoms with Crippen LogP contribution in [0.3, 0.4) is 0 Å². The van der Waals surface area contributed by atoms with Gasteiger partial charge in [0.15, 0.2) is 6.04 Å². The van der Waals surface area contributed by atoms with Crippen molar-refractivity contribution < 1.29 is 28.6 Å². The maximum Gasteiger partial charge on any atom is 0.409 e. The van der Waals surface area contributed by atoms with E-state index in [1.807, 2.05) is 18.2 Å². The van der Waals surface area contributed by atoms with Crippen LogP contribution in [0, 0.1) is 0 Å². The zero-order chi connectivity index (χ0) is 21.3. The molecule has 156 valence electrons. The third-order valence-corrected chi connectivity index (χ3v) is 3.62. The number of amides is 2. The molecule has 0 saturated carbocycles. The quantitative estimate of drug-likeness (QED) is 0.557. The van der Waals surface area contributed by atoms with Gasteiger partial charge in [-0.15, -0.1) is 0 Å². The number of nitrogens with zero attached hydrogens (tertiary/aromatic N) is 2. The highest BCUT2D eigenvalue weighted by Gasteiger charge is 2.33. The molecule has 9 heteroatoms. The Morgan fingerprint density at radius 1 is 1.25 bits per heavy atom. The van der Waals surface area contributed by atoms with Crippen LogP contribution in [0.25, 0.3) is 0 Å². The standard InChI is InChI=1S/C19H29N3O6/c1-13(15(16(23)26-6)21-17(24)28-19(2,3)4)27-18(25)22(5)12-10-14-9-7-8-11-20-14/h7-9,11,13,15H,10,12H2,1-6H3,(H,21,24)/t13-,15+/m1/s1. The van der Waals surface area contributed by atoms with Crippen LogP contribution in [-0.4, -0.2) is 66.5 Å². The number of likely N-dealkylation sites (N-methyl/N-ethyl adjacent to an activating group) is 1. The average Bonchev–Trinajstić information content (AvgIpc) is 2.62. The first kappa shape index (κ1) is 23.2. The zero-order valence-corrected chi connectivity index (χ0v) is 17.2. The molecule has 2 atom stereocenters. The van der Waals surface area contributed by atoms with E-state index in [0.29, 0.717) is 13.0 Å². The van der Waals surface area contributed by atoms with Gasteiger partial charge in [0, 0.05) is 31.9 Å². The van der Waals surface area contributed by atoms with Crippen LogP contribution in [0.1, 0.15) is 33.4 Å². The number of rotatable bonds is 7. The van der Waals surface area contributed by atoms with Crippen molar-refractivity contribution in [3.8, 4) is 0 Å². The molecule has 0 unspecified atom stereocenters. The summed E-state index contributed by atoms with van der Waals surface area (Å²) in [5.74, 6) is -0.748. The number of carbonyl (C=O) groups is 3. The monoisotopic (exact) mass is 395 g/mol. The summed E-state index contributed by atoms with van der Waals surface area (Å²) in [5, 5.41) is 2.38. The normalized spacial score (nSPS) is 13.1. The van der Waals surface area contributed by atoms with Gasteiger partial charge in [-0.1, -0.05) is 6.07 Å². The molecular weight excluding hydrogens is 366 g/mol. The molecule has 28 heavy (non-hydrogen) atoms. The Balaban J connectivity index is 2.64. The number of methoxy groups -OCH3 is 1. The lowest BCUT2D eigenvalue weighted by atomic mass is 10.2. The van der Waals surface area contributed by atoms with Gasteiger partial charge in [0.05, 0.1) is 7.11 Å². The fourth-order valence-electron chi connectivity index (χ4n) is 2.17. The molecule has 0 radical (unpaired) electrons. The predicted octanol–water partition coefficient (Wildman–Crippen LogP) is 2.15. The van der Waals surface area contributed by atoms with Crippen LogP contribution in [0.15, 0.2) is 24.4 Å². The van der Waals surface area contributed by atoms with Crippen molar-refractivity contribution in [3.63, 3.8) is 0 Å². The Hall–Kier alpha value is -2.84. The number of hydrogen-bond donors (Lipinski definition) is 1. The molecule has 0 aliphatic carbocycles. The zero-order valence-electron chi connectivity index (χ0n) is 17.2. The number of nitrogens with one attached hydrogen (secondary N) is 1. The van der Waals surface area contributed by atoms with Crippen LogP contribution in [0.4, 0.5) is 9.59 Å². The first-order valence-corrected chi connectivity index (χ1v) is 8.92. The number of ether oxygens (including phenoxy) is 3. The van der Waals surface area contributed by atoms with Gasteiger partial charge in [0.25, 0.3) is 0 Å². The van der Waals surface area contributed by atoms with Crippen LogP contribution < -0.4 is 5.32 Å². The first-order chi connectivity index (χ1) is 13.0. The first-order valence-electron chi connectivity index (χ1n) is 8.92. The second-order valence-electron chi connectivity index (χ2n) is 7.23. The summed E-state index contributed by atoms with van der Waals surface area (Å²) in [4.78, 5) is 41.8. The molecule has 1 aromatic rings. The van der Waals surface area contributed by atoms with Gasteiger partial charge in [0.2, 0.25) is 0 Å². The molecule has 9 nitrogen and oxygen atoms in total. The smallest absolute Gasteiger partial charge is 0.409 e. The molecule has 0 spiro atoms. The van der Waals surface area contributed by atoms with Crippen LogP contribution in [0.5, 0.6) is 0 Å². The van der Waals surface area contributed by atoms with E-state index in [9.17, 15) is 14.4 Å². The molecule has 0 bridgehead atoms.